The number of nitrogens with two attached hydrogens (primary N) is 1. The quantitative estimate of drug-likeness (QED) is 0.757. The summed E-state index contributed by atoms with van der Waals surface area (Å²) in [5, 5.41) is 6.03. The Labute approximate surface area is 120 Å². The molecule has 0 saturated carbocycles. The number of rotatable bonds is 2. The predicted molar refractivity (Wildman–Crippen MR) is 83.2 cm³/mol. The van der Waals surface area contributed by atoms with E-state index in [9.17, 15) is 4.79 Å². The van der Waals surface area contributed by atoms with Crippen molar-refractivity contribution in [2.75, 3.05) is 11.1 Å². The second-order valence-electron chi connectivity index (χ2n) is 4.53. The first-order valence-electron chi connectivity index (χ1n) is 6.14. The predicted octanol–water partition coefficient (Wildman–Crippen LogP) is 3.44. The molecule has 3 N–H and O–H groups in total. The summed E-state index contributed by atoms with van der Waals surface area (Å²) >= 11 is 1.68. The molecule has 0 bridgehead atoms. The molecule has 0 fully saturated rings. The van der Waals surface area contributed by atoms with Gasteiger partial charge in [-0.1, -0.05) is 0 Å². The zero-order valence-electron chi connectivity index (χ0n) is 10.9. The first-order chi connectivity index (χ1) is 9.63. The van der Waals surface area contributed by atoms with Gasteiger partial charge in [0.1, 0.15) is 0 Å². The molecule has 2 heterocycles. The maximum Gasteiger partial charge on any atom is 0.257 e. The number of anilines is 2. The Hall–Kier alpha value is -2.40. The molecule has 20 heavy (non-hydrogen) atoms. The smallest absolute Gasteiger partial charge is 0.257 e. The number of thiophene rings is 1. The number of nitrogens with zero attached hydrogens (tertiary/aromatic N) is 1. The van der Waals surface area contributed by atoms with E-state index in [4.69, 9.17) is 5.73 Å². The van der Waals surface area contributed by atoms with E-state index < -0.39 is 0 Å². The van der Waals surface area contributed by atoms with Gasteiger partial charge in [0.2, 0.25) is 0 Å². The highest BCUT2D eigenvalue weighted by Gasteiger charge is 2.11. The Morgan fingerprint density at radius 2 is 2.15 bits per heavy atom. The minimum Gasteiger partial charge on any atom is -0.397 e. The van der Waals surface area contributed by atoms with E-state index in [0.29, 0.717) is 16.9 Å². The average molecular weight is 283 g/mol. The third-order valence-corrected chi connectivity index (χ3v) is 3.96. The molecule has 0 aliphatic carbocycles. The maximum absolute atomic E-state index is 12.3. The number of nitrogen functional groups attached to an aromatic ring is 1. The molecule has 0 radical (unpaired) electrons. The van der Waals surface area contributed by atoms with Crippen LogP contribution < -0.4 is 11.1 Å². The summed E-state index contributed by atoms with van der Waals surface area (Å²) in [5.41, 5.74) is 8.08. The van der Waals surface area contributed by atoms with E-state index in [0.717, 1.165) is 11.1 Å². The van der Waals surface area contributed by atoms with Gasteiger partial charge in [-0.2, -0.15) is 0 Å². The van der Waals surface area contributed by atoms with Crippen LogP contribution >= 0.6 is 11.3 Å². The molecule has 2 aromatic heterocycles. The number of nitrogens with one attached hydrogen (secondary N) is 1. The Bertz CT molecular complexity index is 795. The van der Waals surface area contributed by atoms with Crippen molar-refractivity contribution in [3.05, 3.63) is 53.2 Å². The summed E-state index contributed by atoms with van der Waals surface area (Å²) in [6, 6.07) is 9.52. The minimum atomic E-state index is -0.197. The fourth-order valence-corrected chi connectivity index (χ4v) is 2.79. The van der Waals surface area contributed by atoms with E-state index in [1.54, 1.807) is 30.5 Å². The van der Waals surface area contributed by atoms with E-state index in [1.807, 2.05) is 29.6 Å². The number of aromatic nitrogens is 1. The lowest BCUT2D eigenvalue weighted by Crippen LogP contribution is -2.14. The zero-order chi connectivity index (χ0) is 14.1. The summed E-state index contributed by atoms with van der Waals surface area (Å²) in [5.74, 6) is -0.197. The molecule has 0 aliphatic heterocycles. The van der Waals surface area contributed by atoms with Crippen LogP contribution in [0.5, 0.6) is 0 Å². The van der Waals surface area contributed by atoms with Crippen molar-refractivity contribution in [3.8, 4) is 0 Å². The number of aryl methyl sites for hydroxylation is 1. The number of benzene rings is 1. The molecule has 4 nitrogen and oxygen atoms in total. The summed E-state index contributed by atoms with van der Waals surface area (Å²) in [4.78, 5) is 16.4. The van der Waals surface area contributed by atoms with Crippen LogP contribution in [-0.2, 0) is 0 Å². The molecule has 0 atom stereocenters. The van der Waals surface area contributed by atoms with Gasteiger partial charge in [0.25, 0.3) is 5.91 Å². The average Bonchev–Trinajstić information content (AvgIpc) is 2.89. The topological polar surface area (TPSA) is 68.0 Å². The van der Waals surface area contributed by atoms with Crippen LogP contribution in [0.3, 0.4) is 0 Å². The molecule has 100 valence electrons. The van der Waals surface area contributed by atoms with Gasteiger partial charge in [-0.05, 0) is 48.0 Å². The van der Waals surface area contributed by atoms with Gasteiger partial charge in [0.15, 0.2) is 0 Å². The largest absolute Gasteiger partial charge is 0.397 e. The molecule has 0 saturated heterocycles. The van der Waals surface area contributed by atoms with E-state index >= 15 is 0 Å². The van der Waals surface area contributed by atoms with Crippen molar-refractivity contribution in [1.82, 2.24) is 4.98 Å². The van der Waals surface area contributed by atoms with Crippen LogP contribution in [0, 0.1) is 6.92 Å². The molecule has 3 aromatic rings. The monoisotopic (exact) mass is 283 g/mol. The molecule has 0 aliphatic rings. The fourth-order valence-electron chi connectivity index (χ4n) is 2.02. The fraction of sp³-hybridized carbons (Fsp3) is 0.0667. The normalized spacial score (nSPS) is 10.7. The van der Waals surface area contributed by atoms with Gasteiger partial charge in [-0.25, -0.2) is 0 Å². The number of carbonyl (C=O) groups is 1. The number of pyridine rings is 1. The number of hydrogen-bond acceptors (Lipinski definition) is 4. The summed E-state index contributed by atoms with van der Waals surface area (Å²) < 4.78 is 1.20. The number of hydrogen-bond donors (Lipinski definition) is 2. The van der Waals surface area contributed by atoms with E-state index in [2.05, 4.69) is 10.3 Å². The Morgan fingerprint density at radius 3 is 3.00 bits per heavy atom. The van der Waals surface area contributed by atoms with Crippen molar-refractivity contribution in [2.45, 2.75) is 6.92 Å². The Balaban J connectivity index is 1.89. The number of amides is 1. The molecular weight excluding hydrogens is 270 g/mol. The molecule has 0 unspecified atom stereocenters. The molecule has 0 spiro atoms. The van der Waals surface area contributed by atoms with Gasteiger partial charge in [-0.15, -0.1) is 11.3 Å². The van der Waals surface area contributed by atoms with Gasteiger partial charge in [0, 0.05) is 10.4 Å². The number of fused-ring (bicyclic) bond motifs is 1. The van der Waals surface area contributed by atoms with Crippen LogP contribution in [0.2, 0.25) is 0 Å². The molecule has 1 amide bonds. The third kappa shape index (κ3) is 2.35. The summed E-state index contributed by atoms with van der Waals surface area (Å²) in [7, 11) is 0. The second-order valence-corrected chi connectivity index (χ2v) is 5.48. The van der Waals surface area contributed by atoms with Crippen molar-refractivity contribution in [1.29, 1.82) is 0 Å². The van der Waals surface area contributed by atoms with Gasteiger partial charge >= 0.3 is 0 Å². The van der Waals surface area contributed by atoms with Crippen molar-refractivity contribution >= 4 is 38.7 Å². The van der Waals surface area contributed by atoms with Crippen molar-refractivity contribution in [3.63, 3.8) is 0 Å². The highest BCUT2D eigenvalue weighted by molar-refractivity contribution is 7.17. The lowest BCUT2D eigenvalue weighted by Gasteiger charge is -2.08. The van der Waals surface area contributed by atoms with Crippen molar-refractivity contribution < 1.29 is 4.79 Å². The lowest BCUT2D eigenvalue weighted by molar-refractivity contribution is 0.102. The highest BCUT2D eigenvalue weighted by atomic mass is 32.1. The first kappa shape index (κ1) is 12.6. The SMILES string of the molecule is Cc1ncc(N)cc1C(=O)Nc1ccc2sccc2c1. The van der Waals surface area contributed by atoms with Gasteiger partial charge < -0.3 is 11.1 Å². The Kier molecular flexibility index (Phi) is 3.12. The van der Waals surface area contributed by atoms with Crippen LogP contribution in [0.15, 0.2) is 41.9 Å². The van der Waals surface area contributed by atoms with Gasteiger partial charge in [-0.3, -0.25) is 9.78 Å². The summed E-state index contributed by atoms with van der Waals surface area (Å²) in [6.07, 6.45) is 1.55. The molecular formula is C15H13N3OS. The minimum absolute atomic E-state index is 0.197. The first-order valence-corrected chi connectivity index (χ1v) is 7.02. The lowest BCUT2D eigenvalue weighted by atomic mass is 10.1. The Morgan fingerprint density at radius 1 is 1.30 bits per heavy atom. The second kappa shape index (κ2) is 4.94. The van der Waals surface area contributed by atoms with E-state index in [1.165, 1.54) is 4.70 Å². The standard InChI is InChI=1S/C15H13N3OS/c1-9-13(7-11(16)8-17-9)15(19)18-12-2-3-14-10(6-12)4-5-20-14/h2-8H,16H2,1H3,(H,18,19). The maximum atomic E-state index is 12.3. The van der Waals surface area contributed by atoms with Crippen LogP contribution in [0.1, 0.15) is 16.1 Å². The van der Waals surface area contributed by atoms with Crippen LogP contribution in [0.4, 0.5) is 11.4 Å². The number of carbonyl (C=O) groups excluding carboxylic acids is 1. The molecule has 5 heteroatoms. The summed E-state index contributed by atoms with van der Waals surface area (Å²) in [6.45, 7) is 1.79. The zero-order valence-corrected chi connectivity index (χ0v) is 11.7. The van der Waals surface area contributed by atoms with Gasteiger partial charge in [0.05, 0.1) is 23.1 Å². The van der Waals surface area contributed by atoms with Crippen LogP contribution in [0.25, 0.3) is 10.1 Å². The molecule has 3 rings (SSSR count). The van der Waals surface area contributed by atoms with Crippen LogP contribution in [-0.4, -0.2) is 10.9 Å². The van der Waals surface area contributed by atoms with Crippen molar-refractivity contribution in [2.24, 2.45) is 0 Å². The highest BCUT2D eigenvalue weighted by Crippen LogP contribution is 2.24. The third-order valence-electron chi connectivity index (χ3n) is 3.06. The van der Waals surface area contributed by atoms with E-state index in [-0.39, 0.29) is 5.91 Å². The molecule has 1 aromatic carbocycles.